The number of hydrogen-bond acceptors (Lipinski definition) is 5. The van der Waals surface area contributed by atoms with Crippen LogP contribution in [0.1, 0.15) is 78.5 Å². The summed E-state index contributed by atoms with van der Waals surface area (Å²) >= 11 is 36.6. The molecule has 0 aromatic heterocycles. The molecule has 0 bridgehead atoms. The molecule has 270 valence electrons. The standard InChI is InChI=1S/C18H14Cl3NO3.C17H12Cl3NO3.2CH4/c1-25-18(24)15-14(20)8-13-12(16(15)21)5-6-22(17(13)23)9-10-3-2-4-11(19)7-10;18-10-3-1-2-9(6-10)8-21-5-4-11-12(16(21)22)7-13(19)14(15(11)20)17(23)24;;/h2-4,7-8H,5-6,9H2,1H3;1-3,6-7H,4-5,8H2,(H,23,24);2*1H4. The lowest BCUT2D eigenvalue weighted by atomic mass is 9.95. The number of amides is 2. The molecule has 6 rings (SSSR count). The maximum absolute atomic E-state index is 12.8. The van der Waals surface area contributed by atoms with Gasteiger partial charge in [0.2, 0.25) is 0 Å². The van der Waals surface area contributed by atoms with Crippen molar-refractivity contribution in [2.75, 3.05) is 20.2 Å². The number of methoxy groups -OCH3 is 1. The Morgan fingerprint density at radius 1 is 0.686 bits per heavy atom. The molecular formula is C37H34Cl6N2O6. The van der Waals surface area contributed by atoms with Crippen LogP contribution in [0.2, 0.25) is 30.1 Å². The van der Waals surface area contributed by atoms with E-state index < -0.39 is 11.9 Å². The fourth-order valence-corrected chi connectivity index (χ4v) is 7.57. The Morgan fingerprint density at radius 2 is 1.10 bits per heavy atom. The van der Waals surface area contributed by atoms with Crippen LogP contribution in [-0.2, 0) is 30.7 Å². The third-order valence-corrected chi connectivity index (χ3v) is 9.97. The first-order chi connectivity index (χ1) is 23.3. The number of carboxylic acid groups (broad SMARTS) is 1. The van der Waals surface area contributed by atoms with Gasteiger partial charge in [-0.1, -0.05) is 109 Å². The summed E-state index contributed by atoms with van der Waals surface area (Å²) in [6.45, 7) is 1.78. The highest BCUT2D eigenvalue weighted by Gasteiger charge is 2.32. The summed E-state index contributed by atoms with van der Waals surface area (Å²) in [6, 6.07) is 17.5. The van der Waals surface area contributed by atoms with Gasteiger partial charge in [-0.2, -0.15) is 0 Å². The second kappa shape index (κ2) is 17.8. The number of esters is 1. The Balaban J connectivity index is 0.000000265. The van der Waals surface area contributed by atoms with E-state index in [1.165, 1.54) is 19.2 Å². The van der Waals surface area contributed by atoms with Crippen molar-refractivity contribution in [1.29, 1.82) is 0 Å². The summed E-state index contributed by atoms with van der Waals surface area (Å²) in [5.74, 6) is -2.23. The van der Waals surface area contributed by atoms with Crippen LogP contribution in [0, 0.1) is 0 Å². The smallest absolute Gasteiger partial charge is 0.340 e. The van der Waals surface area contributed by atoms with E-state index in [-0.39, 0.29) is 57.9 Å². The van der Waals surface area contributed by atoms with Crippen LogP contribution < -0.4 is 0 Å². The van der Waals surface area contributed by atoms with Crippen LogP contribution in [0.3, 0.4) is 0 Å². The number of aromatic carboxylic acids is 1. The zero-order valence-corrected chi connectivity index (χ0v) is 30.2. The van der Waals surface area contributed by atoms with Crippen LogP contribution in [0.15, 0.2) is 60.7 Å². The molecule has 0 aliphatic carbocycles. The van der Waals surface area contributed by atoms with Crippen molar-refractivity contribution in [3.8, 4) is 0 Å². The Labute approximate surface area is 326 Å². The van der Waals surface area contributed by atoms with Crippen LogP contribution in [0.4, 0.5) is 0 Å². The van der Waals surface area contributed by atoms with Gasteiger partial charge in [-0.05, 0) is 71.5 Å². The molecule has 2 heterocycles. The van der Waals surface area contributed by atoms with Gasteiger partial charge in [-0.25, -0.2) is 9.59 Å². The first kappa shape index (κ1) is 41.9. The third kappa shape index (κ3) is 9.12. The molecular weight excluding hydrogens is 781 g/mol. The van der Waals surface area contributed by atoms with Gasteiger partial charge in [0.1, 0.15) is 0 Å². The van der Waals surface area contributed by atoms with Crippen LogP contribution in [0.25, 0.3) is 0 Å². The Kier molecular flexibility index (Phi) is 14.6. The maximum Gasteiger partial charge on any atom is 0.340 e. The zero-order chi connectivity index (χ0) is 35.6. The molecule has 4 aromatic rings. The van der Waals surface area contributed by atoms with E-state index in [2.05, 4.69) is 0 Å². The highest BCUT2D eigenvalue weighted by molar-refractivity contribution is 6.41. The Bertz CT molecular complexity index is 2000. The van der Waals surface area contributed by atoms with E-state index in [4.69, 9.17) is 74.3 Å². The van der Waals surface area contributed by atoms with Gasteiger partial charge in [0.15, 0.2) is 0 Å². The molecule has 2 amide bonds. The molecule has 0 spiro atoms. The number of nitrogens with zero attached hydrogens (tertiary/aromatic N) is 2. The molecule has 1 N–H and O–H groups in total. The van der Waals surface area contributed by atoms with E-state index in [1.807, 2.05) is 30.3 Å². The lowest BCUT2D eigenvalue weighted by Gasteiger charge is -2.30. The summed E-state index contributed by atoms with van der Waals surface area (Å²) in [5, 5.41) is 10.7. The molecule has 0 fully saturated rings. The van der Waals surface area contributed by atoms with E-state index >= 15 is 0 Å². The molecule has 51 heavy (non-hydrogen) atoms. The highest BCUT2D eigenvalue weighted by atomic mass is 35.5. The molecule has 4 aromatic carbocycles. The van der Waals surface area contributed by atoms with Gasteiger partial charge in [0.05, 0.1) is 38.3 Å². The number of benzene rings is 4. The molecule has 0 saturated heterocycles. The van der Waals surface area contributed by atoms with Gasteiger partial charge in [0.25, 0.3) is 11.8 Å². The average molecular weight is 815 g/mol. The van der Waals surface area contributed by atoms with Gasteiger partial charge in [0, 0.05) is 47.4 Å². The molecule has 2 aliphatic rings. The van der Waals surface area contributed by atoms with Gasteiger partial charge < -0.3 is 19.6 Å². The van der Waals surface area contributed by atoms with Crippen molar-refractivity contribution in [2.45, 2.75) is 40.8 Å². The van der Waals surface area contributed by atoms with Crippen molar-refractivity contribution in [3.63, 3.8) is 0 Å². The minimum absolute atomic E-state index is 0. The lowest BCUT2D eigenvalue weighted by Crippen LogP contribution is -2.37. The minimum atomic E-state index is -1.21. The first-order valence-electron chi connectivity index (χ1n) is 14.7. The Hall–Kier alpha value is -3.50. The molecule has 14 heteroatoms. The topological polar surface area (TPSA) is 104 Å². The number of hydrogen-bond donors (Lipinski definition) is 1. The number of carbonyl (C=O) groups excluding carboxylic acids is 3. The highest BCUT2D eigenvalue weighted by Crippen LogP contribution is 2.36. The SMILES string of the molecule is C.C.COC(=O)c1c(Cl)cc2c(c1Cl)CCN(Cc1cccc(Cl)c1)C2=O.O=C(O)c1c(Cl)cc2c(c1Cl)CCN(Cc1cccc(Cl)c1)C2=O. The van der Waals surface area contributed by atoms with E-state index in [0.29, 0.717) is 71.3 Å². The van der Waals surface area contributed by atoms with Crippen LogP contribution >= 0.6 is 69.6 Å². The molecule has 0 radical (unpaired) electrons. The molecule has 0 saturated carbocycles. The monoisotopic (exact) mass is 812 g/mol. The van der Waals surface area contributed by atoms with Crippen molar-refractivity contribution in [3.05, 3.63) is 135 Å². The quantitative estimate of drug-likeness (QED) is 0.194. The second-order valence-electron chi connectivity index (χ2n) is 11.2. The third-order valence-electron chi connectivity index (χ3n) is 8.07. The average Bonchev–Trinajstić information content (AvgIpc) is 3.04. The van der Waals surface area contributed by atoms with E-state index in [0.717, 1.165) is 11.1 Å². The fraction of sp³-hybridized carbons (Fsp3) is 0.243. The van der Waals surface area contributed by atoms with Crippen molar-refractivity contribution in [1.82, 2.24) is 9.80 Å². The van der Waals surface area contributed by atoms with Crippen LogP contribution in [0.5, 0.6) is 0 Å². The summed E-state index contributed by atoms with van der Waals surface area (Å²) < 4.78 is 4.71. The first-order valence-corrected chi connectivity index (χ1v) is 17.0. The summed E-state index contributed by atoms with van der Waals surface area (Å²) in [7, 11) is 1.26. The van der Waals surface area contributed by atoms with Gasteiger partial charge in [-0.3, -0.25) is 9.59 Å². The van der Waals surface area contributed by atoms with E-state index in [9.17, 15) is 24.3 Å². The number of rotatable bonds is 6. The summed E-state index contributed by atoms with van der Waals surface area (Å²) in [6.07, 6.45) is 1.000. The van der Waals surface area contributed by atoms with Crippen molar-refractivity contribution >= 4 is 93.4 Å². The predicted octanol–water partition coefficient (Wildman–Crippen LogP) is 10.4. The molecule has 0 atom stereocenters. The Morgan fingerprint density at radius 3 is 1.49 bits per heavy atom. The fourth-order valence-electron chi connectivity index (χ4n) is 5.73. The molecule has 2 aliphatic heterocycles. The minimum Gasteiger partial charge on any atom is -0.478 e. The molecule has 0 unspecified atom stereocenters. The number of ether oxygens (including phenoxy) is 1. The van der Waals surface area contributed by atoms with Gasteiger partial charge in [-0.15, -0.1) is 0 Å². The van der Waals surface area contributed by atoms with Crippen molar-refractivity contribution in [2.24, 2.45) is 0 Å². The van der Waals surface area contributed by atoms with Crippen LogP contribution in [-0.4, -0.2) is 58.9 Å². The van der Waals surface area contributed by atoms with Crippen molar-refractivity contribution < 1.29 is 29.0 Å². The summed E-state index contributed by atoms with van der Waals surface area (Å²) in [4.78, 5) is 52.0. The zero-order valence-electron chi connectivity index (χ0n) is 25.7. The maximum atomic E-state index is 12.8. The molecule has 8 nitrogen and oxygen atoms in total. The predicted molar refractivity (Wildman–Crippen MR) is 204 cm³/mol. The lowest BCUT2D eigenvalue weighted by molar-refractivity contribution is 0.0598. The number of carboxylic acids is 1. The number of halogens is 6. The normalized spacial score (nSPS) is 13.2. The number of carbonyl (C=O) groups is 4. The van der Waals surface area contributed by atoms with Gasteiger partial charge >= 0.3 is 11.9 Å². The second-order valence-corrected chi connectivity index (χ2v) is 13.6. The van der Waals surface area contributed by atoms with E-state index in [1.54, 1.807) is 28.0 Å². The largest absolute Gasteiger partial charge is 0.478 e. The number of fused-ring (bicyclic) bond motifs is 2. The summed E-state index contributed by atoms with van der Waals surface area (Å²) in [5.41, 5.74) is 3.71.